The Hall–Kier alpha value is -4.47. The van der Waals surface area contributed by atoms with Crippen LogP contribution in [0.3, 0.4) is 0 Å². The van der Waals surface area contributed by atoms with Gasteiger partial charge >= 0.3 is 5.97 Å². The number of nitrogens with one attached hydrogen (secondary N) is 1. The van der Waals surface area contributed by atoms with Crippen LogP contribution in [0.25, 0.3) is 16.6 Å². The SMILES string of the molecule is Cc1c(NC(=O)COC(=O)c2ccc3c(=O)n4c(nc3c2)CCC4)c(=O)n(-c2ccccc2)n1C. The molecule has 1 N–H and O–H groups in total. The molecule has 4 aromatic rings. The molecule has 2 aromatic heterocycles. The van der Waals surface area contributed by atoms with Crippen LogP contribution in [0.1, 0.15) is 28.3 Å². The number of aromatic nitrogens is 4. The molecule has 0 radical (unpaired) electrons. The van der Waals surface area contributed by atoms with Gasteiger partial charge in [0.25, 0.3) is 17.0 Å². The molecule has 0 saturated carbocycles. The molecule has 0 atom stereocenters. The fourth-order valence-corrected chi connectivity index (χ4v) is 4.31. The maximum Gasteiger partial charge on any atom is 0.338 e. The van der Waals surface area contributed by atoms with Crippen molar-refractivity contribution >= 4 is 28.5 Å². The number of benzene rings is 2. The number of fused-ring (bicyclic) bond motifs is 2. The highest BCUT2D eigenvalue weighted by molar-refractivity contribution is 5.97. The van der Waals surface area contributed by atoms with Crippen molar-refractivity contribution in [3.8, 4) is 5.69 Å². The number of carbonyl (C=O) groups is 2. The van der Waals surface area contributed by atoms with Gasteiger partial charge in [-0.15, -0.1) is 0 Å². The minimum Gasteiger partial charge on any atom is -0.452 e. The van der Waals surface area contributed by atoms with Gasteiger partial charge in [-0.2, -0.15) is 0 Å². The average molecular weight is 473 g/mol. The van der Waals surface area contributed by atoms with Crippen molar-refractivity contribution in [2.45, 2.75) is 26.3 Å². The average Bonchev–Trinajstić information content (AvgIpc) is 3.41. The molecule has 2 aromatic carbocycles. The van der Waals surface area contributed by atoms with E-state index in [1.165, 1.54) is 16.8 Å². The van der Waals surface area contributed by atoms with E-state index in [1.54, 1.807) is 41.4 Å². The summed E-state index contributed by atoms with van der Waals surface area (Å²) in [5, 5.41) is 2.98. The summed E-state index contributed by atoms with van der Waals surface area (Å²) in [5.41, 5.74) is 1.41. The lowest BCUT2D eigenvalue weighted by Crippen LogP contribution is -2.26. The number of carbonyl (C=O) groups excluding carboxylic acids is 2. The third-order valence-electron chi connectivity index (χ3n) is 6.21. The summed E-state index contributed by atoms with van der Waals surface area (Å²) in [6.45, 7) is 1.79. The van der Waals surface area contributed by atoms with Crippen molar-refractivity contribution in [1.82, 2.24) is 18.9 Å². The number of ether oxygens (including phenoxy) is 1. The van der Waals surface area contributed by atoms with Gasteiger partial charge in [-0.1, -0.05) is 18.2 Å². The van der Waals surface area contributed by atoms with Gasteiger partial charge in [-0.05, 0) is 43.7 Å². The van der Waals surface area contributed by atoms with Crippen molar-refractivity contribution in [2.75, 3.05) is 11.9 Å². The summed E-state index contributed by atoms with van der Waals surface area (Å²) in [6, 6.07) is 13.6. The van der Waals surface area contributed by atoms with Crippen molar-refractivity contribution in [3.63, 3.8) is 0 Å². The van der Waals surface area contributed by atoms with Crippen molar-refractivity contribution in [3.05, 3.63) is 86.3 Å². The van der Waals surface area contributed by atoms with E-state index < -0.39 is 24.0 Å². The molecular weight excluding hydrogens is 450 g/mol. The van der Waals surface area contributed by atoms with E-state index in [1.807, 2.05) is 18.2 Å². The number of anilines is 1. The maximum absolute atomic E-state index is 12.9. The first-order valence-electron chi connectivity index (χ1n) is 11.2. The van der Waals surface area contributed by atoms with Gasteiger partial charge in [0.2, 0.25) is 0 Å². The first-order chi connectivity index (χ1) is 16.8. The van der Waals surface area contributed by atoms with E-state index in [2.05, 4.69) is 10.3 Å². The normalized spacial score (nSPS) is 12.5. The highest BCUT2D eigenvalue weighted by Crippen LogP contribution is 2.17. The second-order valence-electron chi connectivity index (χ2n) is 8.38. The van der Waals surface area contributed by atoms with Gasteiger partial charge in [-0.3, -0.25) is 23.6 Å². The number of esters is 1. The van der Waals surface area contributed by atoms with Gasteiger partial charge < -0.3 is 10.1 Å². The van der Waals surface area contributed by atoms with Crippen molar-refractivity contribution in [2.24, 2.45) is 7.05 Å². The van der Waals surface area contributed by atoms with Crippen LogP contribution in [0.2, 0.25) is 0 Å². The van der Waals surface area contributed by atoms with E-state index in [0.29, 0.717) is 41.1 Å². The van der Waals surface area contributed by atoms with E-state index in [0.717, 1.165) is 6.42 Å². The van der Waals surface area contributed by atoms with Crippen LogP contribution < -0.4 is 16.4 Å². The fourth-order valence-electron chi connectivity index (χ4n) is 4.31. The molecule has 0 fully saturated rings. The summed E-state index contributed by atoms with van der Waals surface area (Å²) in [6.07, 6.45) is 1.57. The number of rotatable bonds is 5. The van der Waals surface area contributed by atoms with Crippen molar-refractivity contribution in [1.29, 1.82) is 0 Å². The third-order valence-corrected chi connectivity index (χ3v) is 6.21. The molecule has 10 heteroatoms. The van der Waals surface area contributed by atoms with Gasteiger partial charge in [0.1, 0.15) is 11.5 Å². The Morgan fingerprint density at radius 2 is 1.86 bits per heavy atom. The zero-order valence-corrected chi connectivity index (χ0v) is 19.3. The number of hydrogen-bond acceptors (Lipinski definition) is 6. The Bertz CT molecular complexity index is 1600. The Labute approximate surface area is 199 Å². The Kier molecular flexibility index (Phi) is 5.56. The van der Waals surface area contributed by atoms with Crippen LogP contribution in [-0.4, -0.2) is 37.4 Å². The number of aryl methyl sites for hydroxylation is 1. The van der Waals surface area contributed by atoms with Gasteiger partial charge in [0.15, 0.2) is 6.61 Å². The fraction of sp³-hybridized carbons (Fsp3) is 0.240. The van der Waals surface area contributed by atoms with Gasteiger partial charge in [0.05, 0.1) is 27.8 Å². The van der Waals surface area contributed by atoms with Crippen LogP contribution in [0.5, 0.6) is 0 Å². The number of nitrogens with zero attached hydrogens (tertiary/aromatic N) is 4. The van der Waals surface area contributed by atoms with Gasteiger partial charge in [0, 0.05) is 20.0 Å². The largest absolute Gasteiger partial charge is 0.452 e. The molecule has 178 valence electrons. The van der Waals surface area contributed by atoms with Crippen LogP contribution in [0.4, 0.5) is 5.69 Å². The van der Waals surface area contributed by atoms with Crippen LogP contribution >= 0.6 is 0 Å². The Balaban J connectivity index is 1.30. The summed E-state index contributed by atoms with van der Waals surface area (Å²) >= 11 is 0. The maximum atomic E-state index is 12.9. The predicted octanol–water partition coefficient (Wildman–Crippen LogP) is 1.94. The zero-order valence-electron chi connectivity index (χ0n) is 19.3. The molecule has 5 rings (SSSR count). The van der Waals surface area contributed by atoms with E-state index in [9.17, 15) is 19.2 Å². The lowest BCUT2D eigenvalue weighted by atomic mass is 10.1. The minimum absolute atomic E-state index is 0.113. The number of amides is 1. The monoisotopic (exact) mass is 473 g/mol. The minimum atomic E-state index is -0.726. The molecule has 35 heavy (non-hydrogen) atoms. The molecule has 0 aliphatic carbocycles. The Morgan fingerprint density at radius 3 is 2.63 bits per heavy atom. The van der Waals surface area contributed by atoms with E-state index in [-0.39, 0.29) is 16.8 Å². The third kappa shape index (κ3) is 3.92. The van der Waals surface area contributed by atoms with Crippen molar-refractivity contribution < 1.29 is 14.3 Å². The predicted molar refractivity (Wildman–Crippen MR) is 129 cm³/mol. The molecule has 1 aliphatic heterocycles. The summed E-state index contributed by atoms with van der Waals surface area (Å²) in [4.78, 5) is 55.1. The standard InChI is InChI=1S/C25H23N5O5/c1-15-22(24(33)30(28(15)2)17-7-4-3-5-8-17)27-21(31)14-35-25(34)16-10-11-18-19(13-16)26-20-9-6-12-29(20)23(18)32/h3-5,7-8,10-11,13H,6,9,12,14H2,1-2H3,(H,27,31). The second kappa shape index (κ2) is 8.71. The molecule has 1 amide bonds. The summed E-state index contributed by atoms with van der Waals surface area (Å²) in [5.74, 6) is -0.665. The summed E-state index contributed by atoms with van der Waals surface area (Å²) < 4.78 is 9.89. The van der Waals surface area contributed by atoms with Crippen LogP contribution in [0.15, 0.2) is 58.1 Å². The zero-order chi connectivity index (χ0) is 24.7. The van der Waals surface area contributed by atoms with E-state index in [4.69, 9.17) is 4.74 Å². The first kappa shape index (κ1) is 22.3. The quantitative estimate of drug-likeness (QED) is 0.443. The molecule has 0 bridgehead atoms. The van der Waals surface area contributed by atoms with Crippen LogP contribution in [0, 0.1) is 6.92 Å². The first-order valence-corrected chi connectivity index (χ1v) is 11.2. The molecule has 0 spiro atoms. The lowest BCUT2D eigenvalue weighted by Gasteiger charge is -2.08. The highest BCUT2D eigenvalue weighted by Gasteiger charge is 2.20. The molecule has 10 nitrogen and oxygen atoms in total. The lowest BCUT2D eigenvalue weighted by molar-refractivity contribution is -0.119. The second-order valence-corrected chi connectivity index (χ2v) is 8.38. The summed E-state index contributed by atoms with van der Waals surface area (Å²) in [7, 11) is 1.72. The Morgan fingerprint density at radius 1 is 1.09 bits per heavy atom. The molecule has 3 heterocycles. The van der Waals surface area contributed by atoms with E-state index >= 15 is 0 Å². The smallest absolute Gasteiger partial charge is 0.338 e. The molecular formula is C25H23N5O5. The molecule has 0 saturated heterocycles. The topological polar surface area (TPSA) is 117 Å². The van der Waals surface area contributed by atoms with Crippen LogP contribution in [-0.2, 0) is 29.5 Å². The molecule has 1 aliphatic rings. The molecule has 0 unspecified atom stereocenters. The van der Waals surface area contributed by atoms with Gasteiger partial charge in [-0.25, -0.2) is 14.5 Å². The highest BCUT2D eigenvalue weighted by atomic mass is 16.5. The number of hydrogen-bond donors (Lipinski definition) is 1. The number of para-hydroxylation sites is 1.